The number of nitrogens with zero attached hydrogens (tertiary/aromatic N) is 6. The number of rotatable bonds is 10. The lowest BCUT2D eigenvalue weighted by molar-refractivity contribution is -0.127. The van der Waals surface area contributed by atoms with Crippen LogP contribution in [0.3, 0.4) is 0 Å². The maximum Gasteiger partial charge on any atom is 0.240 e. The number of benzene rings is 2. The number of aromatic amines is 1. The molecule has 2 heterocycles. The molecule has 0 saturated heterocycles. The SMILES string of the molecule is CN(C)c1ccc(-c2ccc(C[C@@H](C(N)=O)N(C(=O)C3CCC(CN)CC3)c3ccc(-c4nn[nH]n4)cc3)cc2)cn1. The van der Waals surface area contributed by atoms with Crippen LogP contribution in [0.2, 0.25) is 0 Å². The lowest BCUT2D eigenvalue weighted by Crippen LogP contribution is -2.52. The van der Waals surface area contributed by atoms with E-state index in [1.165, 1.54) is 0 Å². The standard InChI is InChI=1S/C31H37N9O2/c1-39(2)28-16-13-25(19-34-28)22-7-3-20(4-8-22)17-27(29(33)41)40(31(42)24-9-5-21(18-32)6-10-24)26-14-11-23(12-15-26)30-35-37-38-36-30/h3-4,7-8,11-16,19,21,24,27H,5-6,9-10,17-18,32H2,1-2H3,(H2,33,41)(H,35,36,37,38)/t21?,24?,27-/m0/s1. The summed E-state index contributed by atoms with van der Waals surface area (Å²) in [7, 11) is 3.90. The van der Waals surface area contributed by atoms with Gasteiger partial charge in [-0.15, -0.1) is 10.2 Å². The summed E-state index contributed by atoms with van der Waals surface area (Å²) in [6.45, 7) is 0.623. The van der Waals surface area contributed by atoms with Crippen molar-refractivity contribution in [3.63, 3.8) is 0 Å². The number of tetrazole rings is 1. The van der Waals surface area contributed by atoms with Crippen LogP contribution in [-0.4, -0.2) is 64.1 Å². The average molecular weight is 568 g/mol. The van der Waals surface area contributed by atoms with Crippen molar-refractivity contribution >= 4 is 23.3 Å². The number of nitrogens with one attached hydrogen (secondary N) is 1. The van der Waals surface area contributed by atoms with Crippen molar-refractivity contribution in [3.8, 4) is 22.5 Å². The molecule has 1 saturated carbocycles. The number of hydrogen-bond donors (Lipinski definition) is 3. The van der Waals surface area contributed by atoms with E-state index in [9.17, 15) is 9.59 Å². The van der Waals surface area contributed by atoms with Crippen LogP contribution in [0.15, 0.2) is 66.9 Å². The van der Waals surface area contributed by atoms with E-state index in [1.807, 2.05) is 73.7 Å². The molecule has 218 valence electrons. The lowest BCUT2D eigenvalue weighted by Gasteiger charge is -2.35. The highest BCUT2D eigenvalue weighted by molar-refractivity contribution is 6.01. The van der Waals surface area contributed by atoms with Crippen LogP contribution in [0.1, 0.15) is 31.2 Å². The Bertz CT molecular complexity index is 1460. The largest absolute Gasteiger partial charge is 0.368 e. The van der Waals surface area contributed by atoms with Crippen molar-refractivity contribution < 1.29 is 9.59 Å². The van der Waals surface area contributed by atoms with Gasteiger partial charge in [0, 0.05) is 49.4 Å². The van der Waals surface area contributed by atoms with Gasteiger partial charge < -0.3 is 16.4 Å². The number of primary amides is 1. The molecule has 4 aromatic rings. The molecule has 1 aliphatic carbocycles. The van der Waals surface area contributed by atoms with Gasteiger partial charge in [-0.3, -0.25) is 14.5 Å². The van der Waals surface area contributed by atoms with Crippen LogP contribution >= 0.6 is 0 Å². The van der Waals surface area contributed by atoms with Crippen LogP contribution < -0.4 is 21.3 Å². The van der Waals surface area contributed by atoms with Gasteiger partial charge in [-0.05, 0) is 90.9 Å². The summed E-state index contributed by atoms with van der Waals surface area (Å²) in [6, 6.07) is 18.3. The Hall–Kier alpha value is -4.64. The third-order valence-corrected chi connectivity index (χ3v) is 8.08. The monoisotopic (exact) mass is 567 g/mol. The topological polar surface area (TPSA) is 160 Å². The number of H-pyrrole nitrogens is 1. The second-order valence-corrected chi connectivity index (χ2v) is 11.1. The Balaban J connectivity index is 1.42. The summed E-state index contributed by atoms with van der Waals surface area (Å²) in [5, 5.41) is 14.1. The van der Waals surface area contributed by atoms with E-state index < -0.39 is 11.9 Å². The van der Waals surface area contributed by atoms with Crippen LogP contribution in [0, 0.1) is 11.8 Å². The Kier molecular flexibility index (Phi) is 8.87. The molecule has 2 amide bonds. The molecule has 11 heteroatoms. The Morgan fingerprint density at radius 3 is 2.14 bits per heavy atom. The third kappa shape index (κ3) is 6.46. The van der Waals surface area contributed by atoms with E-state index in [0.29, 0.717) is 24.0 Å². The van der Waals surface area contributed by atoms with Crippen LogP contribution in [0.4, 0.5) is 11.5 Å². The predicted molar refractivity (Wildman–Crippen MR) is 162 cm³/mol. The molecule has 0 unspecified atom stereocenters. The van der Waals surface area contributed by atoms with E-state index in [1.54, 1.807) is 17.0 Å². The molecule has 0 aliphatic heterocycles. The number of carbonyl (C=O) groups excluding carboxylic acids is 2. The van der Waals surface area contributed by atoms with E-state index in [4.69, 9.17) is 11.5 Å². The van der Waals surface area contributed by atoms with Gasteiger partial charge in [0.15, 0.2) is 0 Å². The number of aromatic nitrogens is 5. The fourth-order valence-electron chi connectivity index (χ4n) is 5.55. The number of hydrogen-bond acceptors (Lipinski definition) is 8. The van der Waals surface area contributed by atoms with Gasteiger partial charge in [0.2, 0.25) is 17.6 Å². The number of amides is 2. The maximum atomic E-state index is 14.1. The Morgan fingerprint density at radius 1 is 0.929 bits per heavy atom. The highest BCUT2D eigenvalue weighted by atomic mass is 16.2. The first kappa shape index (κ1) is 28.9. The smallest absolute Gasteiger partial charge is 0.240 e. The van der Waals surface area contributed by atoms with Gasteiger partial charge >= 0.3 is 0 Å². The molecule has 2 aromatic carbocycles. The van der Waals surface area contributed by atoms with E-state index in [-0.39, 0.29) is 18.2 Å². The predicted octanol–water partition coefficient (Wildman–Crippen LogP) is 3.19. The lowest BCUT2D eigenvalue weighted by atomic mass is 9.81. The highest BCUT2D eigenvalue weighted by Gasteiger charge is 2.36. The fourth-order valence-corrected chi connectivity index (χ4v) is 5.55. The van der Waals surface area contributed by atoms with Gasteiger partial charge in [-0.1, -0.05) is 24.3 Å². The first-order chi connectivity index (χ1) is 20.3. The molecule has 1 fully saturated rings. The molecule has 2 aromatic heterocycles. The van der Waals surface area contributed by atoms with Crippen molar-refractivity contribution in [2.75, 3.05) is 30.4 Å². The van der Waals surface area contributed by atoms with E-state index in [2.05, 4.69) is 25.6 Å². The molecule has 5 N–H and O–H groups in total. The highest BCUT2D eigenvalue weighted by Crippen LogP contribution is 2.33. The third-order valence-electron chi connectivity index (χ3n) is 8.08. The number of pyridine rings is 1. The van der Waals surface area contributed by atoms with E-state index in [0.717, 1.165) is 53.8 Å². The number of carbonyl (C=O) groups is 2. The number of anilines is 2. The number of nitrogens with two attached hydrogens (primary N) is 2. The van der Waals surface area contributed by atoms with E-state index >= 15 is 0 Å². The van der Waals surface area contributed by atoms with Gasteiger partial charge in [-0.25, -0.2) is 4.98 Å². The van der Waals surface area contributed by atoms with Crippen molar-refractivity contribution in [2.45, 2.75) is 38.1 Å². The van der Waals surface area contributed by atoms with Crippen molar-refractivity contribution in [3.05, 3.63) is 72.4 Å². The second kappa shape index (κ2) is 12.9. The summed E-state index contributed by atoms with van der Waals surface area (Å²) >= 11 is 0. The molecule has 0 radical (unpaired) electrons. The summed E-state index contributed by atoms with van der Waals surface area (Å²) in [5.74, 6) is 0.894. The minimum absolute atomic E-state index is 0.0924. The minimum atomic E-state index is -0.868. The van der Waals surface area contributed by atoms with Crippen molar-refractivity contribution in [1.82, 2.24) is 25.6 Å². The van der Waals surface area contributed by atoms with Crippen LogP contribution in [-0.2, 0) is 16.0 Å². The van der Waals surface area contributed by atoms with Gasteiger partial charge in [-0.2, -0.15) is 5.21 Å². The molecule has 0 bridgehead atoms. The fraction of sp³-hybridized carbons (Fsp3) is 0.355. The van der Waals surface area contributed by atoms with Crippen LogP contribution in [0.25, 0.3) is 22.5 Å². The first-order valence-electron chi connectivity index (χ1n) is 14.2. The van der Waals surface area contributed by atoms with Crippen molar-refractivity contribution in [1.29, 1.82) is 0 Å². The zero-order valence-electron chi connectivity index (χ0n) is 24.0. The summed E-state index contributed by atoms with van der Waals surface area (Å²) in [5.41, 5.74) is 16.1. The van der Waals surface area contributed by atoms with Gasteiger partial charge in [0.25, 0.3) is 0 Å². The molecule has 1 atom stereocenters. The molecule has 0 spiro atoms. The molecule has 42 heavy (non-hydrogen) atoms. The maximum absolute atomic E-state index is 14.1. The Morgan fingerprint density at radius 2 is 1.60 bits per heavy atom. The van der Waals surface area contributed by atoms with Crippen molar-refractivity contribution in [2.24, 2.45) is 23.3 Å². The van der Waals surface area contributed by atoms with Crippen LogP contribution in [0.5, 0.6) is 0 Å². The molecular weight excluding hydrogens is 530 g/mol. The molecule has 5 rings (SSSR count). The second-order valence-electron chi connectivity index (χ2n) is 11.1. The first-order valence-corrected chi connectivity index (χ1v) is 14.2. The summed E-state index contributed by atoms with van der Waals surface area (Å²) < 4.78 is 0. The normalized spacial score (nSPS) is 17.4. The Labute approximate surface area is 245 Å². The van der Waals surface area contributed by atoms with Gasteiger partial charge in [0.05, 0.1) is 0 Å². The summed E-state index contributed by atoms with van der Waals surface area (Å²) in [6.07, 6.45) is 5.38. The zero-order valence-corrected chi connectivity index (χ0v) is 24.0. The quantitative estimate of drug-likeness (QED) is 0.263. The average Bonchev–Trinajstić information content (AvgIpc) is 3.57. The molecular formula is C31H37N9O2. The minimum Gasteiger partial charge on any atom is -0.368 e. The molecule has 11 nitrogen and oxygen atoms in total. The summed E-state index contributed by atoms with van der Waals surface area (Å²) in [4.78, 5) is 35.1. The molecule has 1 aliphatic rings. The zero-order chi connectivity index (χ0) is 29.6. The van der Waals surface area contributed by atoms with Gasteiger partial charge in [0.1, 0.15) is 11.9 Å².